The van der Waals surface area contributed by atoms with Crippen molar-refractivity contribution >= 4 is 17.8 Å². The third-order valence-electron chi connectivity index (χ3n) is 4.44. The van der Waals surface area contributed by atoms with Gasteiger partial charge in [0, 0.05) is 44.7 Å². The minimum Gasteiger partial charge on any atom is -0.352 e. The molecule has 1 aliphatic heterocycles. The fraction of sp³-hybridized carbons (Fsp3) is 0.444. The van der Waals surface area contributed by atoms with Crippen LogP contribution in [0.4, 0.5) is 5.95 Å². The molecule has 2 amide bonds. The van der Waals surface area contributed by atoms with Crippen molar-refractivity contribution in [3.63, 3.8) is 0 Å². The molecule has 2 heterocycles. The van der Waals surface area contributed by atoms with Crippen LogP contribution in [0.3, 0.4) is 0 Å². The fourth-order valence-corrected chi connectivity index (χ4v) is 3.17. The number of carbonyl (C=O) groups excluding carboxylic acids is 2. The maximum atomic E-state index is 12.3. The van der Waals surface area contributed by atoms with E-state index in [1.54, 1.807) is 11.6 Å². The van der Waals surface area contributed by atoms with Gasteiger partial charge in [-0.05, 0) is 31.0 Å². The summed E-state index contributed by atoms with van der Waals surface area (Å²) in [5, 5.41) is 9.78. The van der Waals surface area contributed by atoms with Crippen LogP contribution in [0, 0.1) is 0 Å². The SMILES string of the molecule is CCn1ncnc1NC(=O)c1ccc(CN2CC[C@H](NC(C)=O)C2)cc1. The number of amides is 2. The van der Waals surface area contributed by atoms with Crippen LogP contribution in [-0.2, 0) is 17.9 Å². The smallest absolute Gasteiger partial charge is 0.258 e. The zero-order valence-electron chi connectivity index (χ0n) is 15.1. The highest BCUT2D eigenvalue weighted by molar-refractivity contribution is 6.03. The molecule has 2 N–H and O–H groups in total. The zero-order chi connectivity index (χ0) is 18.5. The lowest BCUT2D eigenvalue weighted by atomic mass is 10.1. The lowest BCUT2D eigenvalue weighted by Crippen LogP contribution is -2.35. The van der Waals surface area contributed by atoms with E-state index in [-0.39, 0.29) is 17.9 Å². The Balaban J connectivity index is 1.55. The van der Waals surface area contributed by atoms with Gasteiger partial charge in [0.15, 0.2) is 0 Å². The van der Waals surface area contributed by atoms with Crippen molar-refractivity contribution in [1.29, 1.82) is 0 Å². The Kier molecular flexibility index (Phi) is 5.62. The molecule has 1 aliphatic rings. The summed E-state index contributed by atoms with van der Waals surface area (Å²) in [6.45, 7) is 6.75. The minimum absolute atomic E-state index is 0.0196. The lowest BCUT2D eigenvalue weighted by molar-refractivity contribution is -0.119. The number of hydrogen-bond acceptors (Lipinski definition) is 5. The summed E-state index contributed by atoms with van der Waals surface area (Å²) in [5.74, 6) is 0.264. The topological polar surface area (TPSA) is 92.2 Å². The van der Waals surface area contributed by atoms with Gasteiger partial charge in [0.2, 0.25) is 11.9 Å². The number of aromatic nitrogens is 3. The van der Waals surface area contributed by atoms with Gasteiger partial charge in [0.25, 0.3) is 5.91 Å². The number of anilines is 1. The number of nitrogens with one attached hydrogen (secondary N) is 2. The highest BCUT2D eigenvalue weighted by Crippen LogP contribution is 2.15. The van der Waals surface area contributed by atoms with E-state index in [9.17, 15) is 9.59 Å². The zero-order valence-corrected chi connectivity index (χ0v) is 15.1. The van der Waals surface area contributed by atoms with Crippen LogP contribution in [0.25, 0.3) is 0 Å². The van der Waals surface area contributed by atoms with Crippen molar-refractivity contribution in [3.8, 4) is 0 Å². The quantitative estimate of drug-likeness (QED) is 0.813. The number of hydrogen-bond donors (Lipinski definition) is 2. The molecule has 0 unspecified atom stereocenters. The average Bonchev–Trinajstić information content (AvgIpc) is 3.24. The molecule has 0 saturated carbocycles. The fourth-order valence-electron chi connectivity index (χ4n) is 3.17. The lowest BCUT2D eigenvalue weighted by Gasteiger charge is -2.16. The van der Waals surface area contributed by atoms with E-state index in [0.29, 0.717) is 18.1 Å². The molecule has 0 radical (unpaired) electrons. The van der Waals surface area contributed by atoms with Gasteiger partial charge < -0.3 is 5.32 Å². The summed E-state index contributed by atoms with van der Waals surface area (Å²) >= 11 is 0. The summed E-state index contributed by atoms with van der Waals surface area (Å²) in [6, 6.07) is 7.79. The van der Waals surface area contributed by atoms with Crippen molar-refractivity contribution < 1.29 is 9.59 Å². The molecule has 138 valence electrons. The maximum absolute atomic E-state index is 12.3. The highest BCUT2D eigenvalue weighted by atomic mass is 16.2. The summed E-state index contributed by atoms with van der Waals surface area (Å²) in [5.41, 5.74) is 1.72. The predicted molar refractivity (Wildman–Crippen MR) is 97.6 cm³/mol. The van der Waals surface area contributed by atoms with E-state index in [0.717, 1.165) is 31.6 Å². The van der Waals surface area contributed by atoms with Gasteiger partial charge in [-0.1, -0.05) is 12.1 Å². The molecule has 1 atom stereocenters. The molecule has 26 heavy (non-hydrogen) atoms. The monoisotopic (exact) mass is 356 g/mol. The van der Waals surface area contributed by atoms with E-state index < -0.39 is 0 Å². The Labute approximate surface area is 152 Å². The molecular formula is C18H24N6O2. The largest absolute Gasteiger partial charge is 0.352 e. The molecule has 3 rings (SSSR count). The van der Waals surface area contributed by atoms with Gasteiger partial charge in [-0.3, -0.25) is 19.8 Å². The van der Waals surface area contributed by atoms with Gasteiger partial charge in [-0.15, -0.1) is 0 Å². The van der Waals surface area contributed by atoms with E-state index in [1.807, 2.05) is 31.2 Å². The number of benzene rings is 1. The van der Waals surface area contributed by atoms with Crippen LogP contribution in [0.5, 0.6) is 0 Å². The Morgan fingerprint density at radius 3 is 2.73 bits per heavy atom. The number of carbonyl (C=O) groups is 2. The molecular weight excluding hydrogens is 332 g/mol. The summed E-state index contributed by atoms with van der Waals surface area (Å²) in [4.78, 5) is 29.8. The van der Waals surface area contributed by atoms with E-state index in [4.69, 9.17) is 0 Å². The highest BCUT2D eigenvalue weighted by Gasteiger charge is 2.22. The molecule has 0 bridgehead atoms. The molecule has 1 fully saturated rings. The normalized spacial score (nSPS) is 17.2. The number of likely N-dealkylation sites (tertiary alicyclic amines) is 1. The van der Waals surface area contributed by atoms with Gasteiger partial charge in [0.05, 0.1) is 0 Å². The van der Waals surface area contributed by atoms with Crippen molar-refractivity contribution in [2.45, 2.75) is 39.4 Å². The minimum atomic E-state index is -0.203. The molecule has 8 heteroatoms. The Morgan fingerprint density at radius 2 is 2.04 bits per heavy atom. The Bertz CT molecular complexity index is 770. The van der Waals surface area contributed by atoms with Crippen LogP contribution < -0.4 is 10.6 Å². The van der Waals surface area contributed by atoms with E-state index >= 15 is 0 Å². The molecule has 8 nitrogen and oxygen atoms in total. The van der Waals surface area contributed by atoms with Gasteiger partial charge in [-0.25, -0.2) is 4.68 Å². The van der Waals surface area contributed by atoms with Crippen LogP contribution in [0.15, 0.2) is 30.6 Å². The van der Waals surface area contributed by atoms with Crippen LogP contribution in [0.1, 0.15) is 36.2 Å². The van der Waals surface area contributed by atoms with Crippen LogP contribution in [0.2, 0.25) is 0 Å². The molecule has 1 saturated heterocycles. The van der Waals surface area contributed by atoms with Gasteiger partial charge in [0.1, 0.15) is 6.33 Å². The van der Waals surface area contributed by atoms with Crippen molar-refractivity contribution in [2.24, 2.45) is 0 Å². The second kappa shape index (κ2) is 8.09. The Morgan fingerprint density at radius 1 is 1.27 bits per heavy atom. The number of nitrogens with zero attached hydrogens (tertiary/aromatic N) is 4. The van der Waals surface area contributed by atoms with Crippen molar-refractivity contribution in [2.75, 3.05) is 18.4 Å². The summed E-state index contributed by atoms with van der Waals surface area (Å²) < 4.78 is 1.63. The molecule has 2 aromatic rings. The van der Waals surface area contributed by atoms with E-state index in [1.165, 1.54) is 6.33 Å². The standard InChI is InChI=1S/C18H24N6O2/c1-3-24-18(19-12-20-24)22-17(26)15-6-4-14(5-7-15)10-23-9-8-16(11-23)21-13(2)25/h4-7,12,16H,3,8-11H2,1-2H3,(H,21,25)(H,19,20,22,26)/t16-/m0/s1. The van der Waals surface area contributed by atoms with Crippen LogP contribution in [-0.4, -0.2) is 50.6 Å². The Hall–Kier alpha value is -2.74. The van der Waals surface area contributed by atoms with Crippen molar-refractivity contribution in [1.82, 2.24) is 25.0 Å². The number of aryl methyl sites for hydroxylation is 1. The second-order valence-electron chi connectivity index (χ2n) is 6.47. The second-order valence-corrected chi connectivity index (χ2v) is 6.47. The average molecular weight is 356 g/mol. The first-order chi connectivity index (χ1) is 12.5. The maximum Gasteiger partial charge on any atom is 0.258 e. The molecule has 0 spiro atoms. The third kappa shape index (κ3) is 4.45. The first-order valence-electron chi connectivity index (χ1n) is 8.82. The van der Waals surface area contributed by atoms with Crippen molar-refractivity contribution in [3.05, 3.63) is 41.7 Å². The van der Waals surface area contributed by atoms with E-state index in [2.05, 4.69) is 25.6 Å². The van der Waals surface area contributed by atoms with Gasteiger partial charge >= 0.3 is 0 Å². The first kappa shape index (κ1) is 18.1. The molecule has 1 aromatic heterocycles. The van der Waals surface area contributed by atoms with Crippen LogP contribution >= 0.6 is 0 Å². The first-order valence-corrected chi connectivity index (χ1v) is 8.82. The summed E-state index contributed by atoms with van der Waals surface area (Å²) in [6.07, 6.45) is 2.39. The van der Waals surface area contributed by atoms with Gasteiger partial charge in [-0.2, -0.15) is 10.1 Å². The number of rotatable bonds is 6. The summed E-state index contributed by atoms with van der Waals surface area (Å²) in [7, 11) is 0. The predicted octanol–water partition coefficient (Wildman–Crippen LogP) is 1.26. The molecule has 0 aliphatic carbocycles. The third-order valence-corrected chi connectivity index (χ3v) is 4.44. The molecule has 1 aromatic carbocycles.